The predicted molar refractivity (Wildman–Crippen MR) is 128 cm³/mol. The minimum Gasteiger partial charge on any atom is -0.383 e. The van der Waals surface area contributed by atoms with Crippen molar-refractivity contribution in [2.24, 2.45) is 0 Å². The van der Waals surface area contributed by atoms with Gasteiger partial charge in [-0.2, -0.15) is 0 Å². The maximum Gasteiger partial charge on any atom is 0.243 e. The Morgan fingerprint density at radius 1 is 1.06 bits per heavy atom. The van der Waals surface area contributed by atoms with Crippen LogP contribution >= 0.6 is 0 Å². The lowest BCUT2D eigenvalue weighted by atomic mass is 10.00. The summed E-state index contributed by atoms with van der Waals surface area (Å²) in [5.41, 5.74) is 6.22. The van der Waals surface area contributed by atoms with Crippen LogP contribution in [0.25, 0.3) is 10.8 Å². The molecule has 180 valence electrons. The molecule has 0 saturated carbocycles. The van der Waals surface area contributed by atoms with Crippen LogP contribution in [0.4, 0.5) is 14.6 Å². The molecule has 0 aliphatic rings. The molecule has 0 radical (unpaired) electrons. The minimum absolute atomic E-state index is 0.00178. The molecule has 2 aromatic carbocycles. The van der Waals surface area contributed by atoms with Crippen molar-refractivity contribution in [1.29, 1.82) is 0 Å². The number of carbonyl (C=O) groups is 2. The number of fused-ring (bicyclic) bond motifs is 1. The van der Waals surface area contributed by atoms with Crippen molar-refractivity contribution in [3.05, 3.63) is 71.4 Å². The van der Waals surface area contributed by atoms with Gasteiger partial charge in [0.1, 0.15) is 11.9 Å². The van der Waals surface area contributed by atoms with E-state index in [4.69, 9.17) is 5.73 Å². The number of hydrogen-bond donors (Lipinski definition) is 3. The third kappa shape index (κ3) is 5.66. The number of carbonyl (C=O) groups excluding carboxylic acids is 2. The van der Waals surface area contributed by atoms with Gasteiger partial charge in [-0.3, -0.25) is 14.5 Å². The average Bonchev–Trinajstić information content (AvgIpc) is 2.79. The molecule has 1 aromatic heterocycles. The molecule has 0 aliphatic heterocycles. The molecule has 0 spiro atoms. The van der Waals surface area contributed by atoms with Crippen molar-refractivity contribution < 1.29 is 18.4 Å². The lowest BCUT2D eigenvalue weighted by Crippen LogP contribution is -2.57. The van der Waals surface area contributed by atoms with E-state index in [0.29, 0.717) is 11.4 Å². The monoisotopic (exact) mass is 469 g/mol. The smallest absolute Gasteiger partial charge is 0.243 e. The van der Waals surface area contributed by atoms with Crippen molar-refractivity contribution in [3.8, 4) is 0 Å². The molecule has 3 rings (SSSR count). The zero-order chi connectivity index (χ0) is 25.0. The summed E-state index contributed by atoms with van der Waals surface area (Å²) in [5.74, 6) is -2.38. The van der Waals surface area contributed by atoms with Gasteiger partial charge in [-0.15, -0.1) is 0 Å². The number of aromatic nitrogens is 1. The van der Waals surface area contributed by atoms with Gasteiger partial charge in [-0.25, -0.2) is 13.8 Å². The summed E-state index contributed by atoms with van der Waals surface area (Å²) in [6.07, 6.45) is 1.61. The number of amides is 2. The van der Waals surface area contributed by atoms with Gasteiger partial charge in [-0.05, 0) is 68.7 Å². The van der Waals surface area contributed by atoms with E-state index in [1.54, 1.807) is 39.0 Å². The van der Waals surface area contributed by atoms with E-state index in [0.717, 1.165) is 28.5 Å². The molecule has 0 aliphatic carbocycles. The van der Waals surface area contributed by atoms with Gasteiger partial charge >= 0.3 is 0 Å². The summed E-state index contributed by atoms with van der Waals surface area (Å²) >= 11 is 0. The number of nitrogens with two attached hydrogens (primary N) is 1. The van der Waals surface area contributed by atoms with E-state index in [2.05, 4.69) is 15.6 Å². The van der Waals surface area contributed by atoms with Crippen molar-refractivity contribution in [2.45, 2.75) is 38.4 Å². The second-order valence-electron chi connectivity index (χ2n) is 8.90. The average molecular weight is 470 g/mol. The number of hydrogen-bond acceptors (Lipinski definition) is 5. The Balaban J connectivity index is 1.78. The third-order valence-electron chi connectivity index (χ3n) is 6.05. The van der Waals surface area contributed by atoms with Gasteiger partial charge in [0.15, 0.2) is 11.6 Å². The fraction of sp³-hybridized carbons (Fsp3) is 0.320. The highest BCUT2D eigenvalue weighted by Gasteiger charge is 2.33. The van der Waals surface area contributed by atoms with E-state index >= 15 is 0 Å². The third-order valence-corrected chi connectivity index (χ3v) is 6.05. The van der Waals surface area contributed by atoms with Crippen molar-refractivity contribution >= 4 is 28.4 Å². The van der Waals surface area contributed by atoms with Crippen molar-refractivity contribution in [1.82, 2.24) is 20.5 Å². The number of pyridine rings is 1. The fourth-order valence-electron chi connectivity index (χ4n) is 3.32. The van der Waals surface area contributed by atoms with Crippen LogP contribution in [0.15, 0.2) is 48.7 Å². The summed E-state index contributed by atoms with van der Waals surface area (Å²) in [7, 11) is 3.51. The van der Waals surface area contributed by atoms with E-state index in [-0.39, 0.29) is 18.9 Å². The van der Waals surface area contributed by atoms with Crippen LogP contribution in [0.5, 0.6) is 0 Å². The number of nitrogens with zero attached hydrogens (tertiary/aromatic N) is 2. The summed E-state index contributed by atoms with van der Waals surface area (Å²) < 4.78 is 27.1. The maximum atomic E-state index is 13.7. The van der Waals surface area contributed by atoms with E-state index < -0.39 is 29.1 Å². The lowest BCUT2D eigenvalue weighted by molar-refractivity contribution is -0.134. The standard InChI is InChI=1S/C25H29F2N5O2/c1-25(2,32(3)4)24(34)31-21(13-15-6-8-19(26)20(27)12-15)23(33)30-14-16-5-7-18-17(11-16)9-10-29-22(18)28/h5-12,21H,13-14H2,1-4H3,(H2,28,29)(H,30,33)(H,31,34)/t21-/m0/s1. The summed E-state index contributed by atoms with van der Waals surface area (Å²) in [6, 6.07) is 9.82. The van der Waals surface area contributed by atoms with E-state index in [1.165, 1.54) is 6.07 Å². The number of nitrogens with one attached hydrogen (secondary N) is 2. The van der Waals surface area contributed by atoms with Crippen LogP contribution in [-0.2, 0) is 22.6 Å². The first-order valence-electron chi connectivity index (χ1n) is 10.8. The zero-order valence-electron chi connectivity index (χ0n) is 19.7. The summed E-state index contributed by atoms with van der Waals surface area (Å²) in [4.78, 5) is 31.8. The first-order valence-corrected chi connectivity index (χ1v) is 10.8. The number of nitrogen functional groups attached to an aromatic ring is 1. The Kier molecular flexibility index (Phi) is 7.46. The molecule has 3 aromatic rings. The molecule has 1 atom stereocenters. The number of rotatable bonds is 8. The molecule has 2 amide bonds. The SMILES string of the molecule is CN(C)C(C)(C)C(=O)N[C@@H](Cc1ccc(F)c(F)c1)C(=O)NCc1ccc2c(N)nccc2c1. The van der Waals surface area contributed by atoms with Gasteiger partial charge in [-0.1, -0.05) is 18.2 Å². The molecule has 0 fully saturated rings. The lowest BCUT2D eigenvalue weighted by Gasteiger charge is -2.32. The predicted octanol–water partition coefficient (Wildman–Crippen LogP) is 2.78. The molecular formula is C25H29F2N5O2. The molecule has 34 heavy (non-hydrogen) atoms. The number of anilines is 1. The van der Waals surface area contributed by atoms with Crippen LogP contribution in [-0.4, -0.2) is 47.4 Å². The van der Waals surface area contributed by atoms with Crippen molar-refractivity contribution in [3.63, 3.8) is 0 Å². The molecule has 9 heteroatoms. The normalized spacial score (nSPS) is 12.6. The number of halogens is 2. The molecular weight excluding hydrogens is 440 g/mol. The van der Waals surface area contributed by atoms with Crippen LogP contribution in [0.1, 0.15) is 25.0 Å². The summed E-state index contributed by atoms with van der Waals surface area (Å²) in [6.45, 7) is 3.66. The Morgan fingerprint density at radius 2 is 1.76 bits per heavy atom. The van der Waals surface area contributed by atoms with Crippen LogP contribution in [0.2, 0.25) is 0 Å². The van der Waals surface area contributed by atoms with Crippen LogP contribution in [0.3, 0.4) is 0 Å². The quantitative estimate of drug-likeness (QED) is 0.471. The number of likely N-dealkylation sites (N-methyl/N-ethyl adjacent to an activating group) is 1. The molecule has 0 saturated heterocycles. The van der Waals surface area contributed by atoms with E-state index in [1.807, 2.05) is 24.3 Å². The maximum absolute atomic E-state index is 13.7. The van der Waals surface area contributed by atoms with Gasteiger partial charge in [0.25, 0.3) is 0 Å². The molecule has 0 bridgehead atoms. The zero-order valence-corrected chi connectivity index (χ0v) is 19.7. The minimum atomic E-state index is -1.01. The van der Waals surface area contributed by atoms with Gasteiger partial charge in [0, 0.05) is 24.5 Å². The van der Waals surface area contributed by atoms with Crippen molar-refractivity contribution in [2.75, 3.05) is 19.8 Å². The Labute approximate surface area is 197 Å². The van der Waals surface area contributed by atoms with Gasteiger partial charge in [0.05, 0.1) is 5.54 Å². The second-order valence-corrected chi connectivity index (χ2v) is 8.90. The van der Waals surface area contributed by atoms with Crippen LogP contribution < -0.4 is 16.4 Å². The first kappa shape index (κ1) is 25.0. The van der Waals surface area contributed by atoms with Crippen LogP contribution in [0, 0.1) is 11.6 Å². The molecule has 1 heterocycles. The Hall–Kier alpha value is -3.59. The topological polar surface area (TPSA) is 100 Å². The van der Waals surface area contributed by atoms with Gasteiger partial charge < -0.3 is 16.4 Å². The molecule has 0 unspecified atom stereocenters. The highest BCUT2D eigenvalue weighted by atomic mass is 19.2. The Morgan fingerprint density at radius 3 is 2.44 bits per heavy atom. The fourth-order valence-corrected chi connectivity index (χ4v) is 3.32. The molecule has 4 N–H and O–H groups in total. The molecule has 7 nitrogen and oxygen atoms in total. The van der Waals surface area contributed by atoms with E-state index in [9.17, 15) is 18.4 Å². The van der Waals surface area contributed by atoms with Gasteiger partial charge in [0.2, 0.25) is 11.8 Å². The highest BCUT2D eigenvalue weighted by Crippen LogP contribution is 2.20. The highest BCUT2D eigenvalue weighted by molar-refractivity contribution is 5.92. The second kappa shape index (κ2) is 10.1. The summed E-state index contributed by atoms with van der Waals surface area (Å²) in [5, 5.41) is 7.29. The largest absolute Gasteiger partial charge is 0.383 e. The first-order chi connectivity index (χ1) is 16.0. The Bertz CT molecular complexity index is 1210. The number of benzene rings is 2.